The van der Waals surface area contributed by atoms with Crippen molar-refractivity contribution < 1.29 is 24.0 Å². The van der Waals surface area contributed by atoms with Crippen LogP contribution < -0.4 is 15.3 Å². The van der Waals surface area contributed by atoms with E-state index in [2.05, 4.69) is 19.2 Å². The van der Waals surface area contributed by atoms with Gasteiger partial charge in [0.1, 0.15) is 12.3 Å². The monoisotopic (exact) mass is 296 g/mol. The zero-order valence-electron chi connectivity index (χ0n) is 13.0. The van der Waals surface area contributed by atoms with Gasteiger partial charge in [0.2, 0.25) is 0 Å². The molecule has 0 fully saturated rings. The molecule has 1 heterocycles. The quantitative estimate of drug-likeness (QED) is 0.629. The van der Waals surface area contributed by atoms with Crippen molar-refractivity contribution in [2.24, 2.45) is 0 Å². The first-order valence-corrected chi connectivity index (χ1v) is 7.38. The first-order valence-electron chi connectivity index (χ1n) is 7.38. The molecule has 0 radical (unpaired) electrons. The maximum Gasteiger partial charge on any atom is 0.287 e. The van der Waals surface area contributed by atoms with Crippen LogP contribution in [0, 0.1) is 6.92 Å². The number of carboxylic acid groups (broad SMARTS) is 1. The lowest BCUT2D eigenvalue weighted by atomic mass is 10.2. The first kappa shape index (κ1) is 17.2. The highest BCUT2D eigenvalue weighted by molar-refractivity contribution is 5.93. The molecule has 0 aliphatic rings. The summed E-state index contributed by atoms with van der Waals surface area (Å²) < 4.78 is 5.42. The largest absolute Gasteiger partial charge is 0.548 e. The third kappa shape index (κ3) is 5.59. The molecule has 2 N–H and O–H groups in total. The Balaban J connectivity index is 2.68. The molecule has 0 aliphatic carbocycles. The Kier molecular flexibility index (Phi) is 6.94. The summed E-state index contributed by atoms with van der Waals surface area (Å²) >= 11 is 0. The third-order valence-electron chi connectivity index (χ3n) is 3.46. The van der Waals surface area contributed by atoms with E-state index in [1.54, 1.807) is 6.07 Å². The highest BCUT2D eigenvalue weighted by atomic mass is 16.4. The smallest absolute Gasteiger partial charge is 0.287 e. The summed E-state index contributed by atoms with van der Waals surface area (Å²) in [5.41, 5.74) is 0.988. The van der Waals surface area contributed by atoms with Gasteiger partial charge in [0, 0.05) is 5.56 Å². The molecule has 0 aliphatic heterocycles. The lowest BCUT2D eigenvalue weighted by Gasteiger charge is -2.16. The molecule has 0 saturated heterocycles. The van der Waals surface area contributed by atoms with Gasteiger partial charge in [0.15, 0.2) is 5.76 Å². The lowest BCUT2D eigenvalue weighted by Crippen LogP contribution is -3.10. The molecule has 1 aromatic heterocycles. The van der Waals surface area contributed by atoms with Gasteiger partial charge in [-0.2, -0.15) is 0 Å². The lowest BCUT2D eigenvalue weighted by molar-refractivity contribution is -0.912. The summed E-state index contributed by atoms with van der Waals surface area (Å²) in [5.74, 6) is -1.00. The van der Waals surface area contributed by atoms with Crippen LogP contribution in [0.5, 0.6) is 0 Å². The number of aliphatic carboxylic acids is 1. The average molecular weight is 296 g/mol. The van der Waals surface area contributed by atoms with E-state index in [4.69, 9.17) is 4.42 Å². The van der Waals surface area contributed by atoms with Crippen LogP contribution >= 0.6 is 0 Å². The Labute approximate surface area is 125 Å². The highest BCUT2D eigenvalue weighted by Crippen LogP contribution is 2.13. The van der Waals surface area contributed by atoms with Crippen molar-refractivity contribution in [3.8, 4) is 0 Å². The molecule has 0 aromatic carbocycles. The minimum absolute atomic E-state index is 0.148. The van der Waals surface area contributed by atoms with Crippen molar-refractivity contribution in [2.45, 2.75) is 40.2 Å². The number of carboxylic acids is 1. The standard InChI is InChI=1S/C15H24N2O4/c1-4-6-7-17(5-2)10-12-8-13(21-11(12)3)15(20)16-9-14(18)19/h8H,4-7,9-10H2,1-3H3,(H,16,20)(H,18,19). The predicted octanol–water partition coefficient (Wildman–Crippen LogP) is -0.727. The Morgan fingerprint density at radius 2 is 2.10 bits per heavy atom. The molecule has 1 rings (SSSR count). The van der Waals surface area contributed by atoms with E-state index in [1.165, 1.54) is 11.3 Å². The van der Waals surface area contributed by atoms with Gasteiger partial charge in [-0.05, 0) is 26.3 Å². The molecule has 21 heavy (non-hydrogen) atoms. The Bertz CT molecular complexity index is 482. The van der Waals surface area contributed by atoms with Gasteiger partial charge in [0.25, 0.3) is 5.91 Å². The molecule has 6 heteroatoms. The Hall–Kier alpha value is -1.82. The number of amides is 1. The Morgan fingerprint density at radius 1 is 1.38 bits per heavy atom. The number of unbranched alkanes of at least 4 members (excludes halogenated alkanes) is 1. The number of aryl methyl sites for hydroxylation is 1. The van der Waals surface area contributed by atoms with Crippen molar-refractivity contribution in [3.05, 3.63) is 23.2 Å². The zero-order valence-corrected chi connectivity index (χ0v) is 13.0. The third-order valence-corrected chi connectivity index (χ3v) is 3.46. The molecule has 0 spiro atoms. The summed E-state index contributed by atoms with van der Waals surface area (Å²) in [6.45, 7) is 8.50. The van der Waals surface area contributed by atoms with E-state index in [0.29, 0.717) is 5.76 Å². The van der Waals surface area contributed by atoms with E-state index in [1.807, 2.05) is 6.92 Å². The molecule has 1 atom stereocenters. The summed E-state index contributed by atoms with van der Waals surface area (Å²) in [7, 11) is 0. The van der Waals surface area contributed by atoms with Crippen molar-refractivity contribution in [1.82, 2.24) is 5.32 Å². The van der Waals surface area contributed by atoms with Crippen molar-refractivity contribution in [2.75, 3.05) is 19.6 Å². The molecule has 1 amide bonds. The molecular weight excluding hydrogens is 272 g/mol. The fourth-order valence-electron chi connectivity index (χ4n) is 2.13. The fourth-order valence-corrected chi connectivity index (χ4v) is 2.13. The molecule has 0 bridgehead atoms. The van der Waals surface area contributed by atoms with Gasteiger partial charge in [-0.25, -0.2) is 0 Å². The zero-order chi connectivity index (χ0) is 15.8. The molecule has 1 aromatic rings. The first-order chi connectivity index (χ1) is 9.97. The van der Waals surface area contributed by atoms with Gasteiger partial charge < -0.3 is 24.5 Å². The van der Waals surface area contributed by atoms with Gasteiger partial charge >= 0.3 is 0 Å². The number of rotatable bonds is 9. The maximum atomic E-state index is 11.7. The van der Waals surface area contributed by atoms with E-state index in [9.17, 15) is 14.7 Å². The molecule has 6 nitrogen and oxygen atoms in total. The number of carbonyl (C=O) groups excluding carboxylic acids is 2. The van der Waals surface area contributed by atoms with Crippen molar-refractivity contribution in [1.29, 1.82) is 0 Å². The number of quaternary nitrogens is 1. The van der Waals surface area contributed by atoms with Crippen LogP contribution in [-0.4, -0.2) is 31.5 Å². The average Bonchev–Trinajstić information content (AvgIpc) is 2.81. The van der Waals surface area contributed by atoms with Crippen molar-refractivity contribution in [3.63, 3.8) is 0 Å². The summed E-state index contributed by atoms with van der Waals surface area (Å²) in [6, 6.07) is 1.70. The number of hydrogen-bond acceptors (Lipinski definition) is 4. The van der Waals surface area contributed by atoms with E-state index in [-0.39, 0.29) is 5.76 Å². The molecule has 1 unspecified atom stereocenters. The van der Waals surface area contributed by atoms with Crippen molar-refractivity contribution >= 4 is 11.9 Å². The van der Waals surface area contributed by atoms with Gasteiger partial charge in [-0.1, -0.05) is 13.3 Å². The van der Waals surface area contributed by atoms with Crippen LogP contribution in [0.25, 0.3) is 0 Å². The summed E-state index contributed by atoms with van der Waals surface area (Å²) in [4.78, 5) is 23.5. The number of furan rings is 1. The summed E-state index contributed by atoms with van der Waals surface area (Å²) in [5, 5.41) is 12.6. The second-order valence-corrected chi connectivity index (χ2v) is 5.13. The van der Waals surface area contributed by atoms with E-state index >= 15 is 0 Å². The Morgan fingerprint density at radius 3 is 2.67 bits per heavy atom. The van der Waals surface area contributed by atoms with Crippen LogP contribution in [0.2, 0.25) is 0 Å². The molecule has 0 saturated carbocycles. The van der Waals surface area contributed by atoms with Crippen LogP contribution in [0.3, 0.4) is 0 Å². The molecular formula is C15H24N2O4. The number of carbonyl (C=O) groups is 2. The van der Waals surface area contributed by atoms with Crippen LogP contribution in [0.4, 0.5) is 0 Å². The minimum atomic E-state index is -1.33. The maximum absolute atomic E-state index is 11.7. The van der Waals surface area contributed by atoms with E-state index < -0.39 is 18.4 Å². The number of hydrogen-bond donors (Lipinski definition) is 2. The summed E-state index contributed by atoms with van der Waals surface area (Å²) in [6.07, 6.45) is 2.32. The van der Waals surface area contributed by atoms with Gasteiger partial charge in [-0.15, -0.1) is 0 Å². The highest BCUT2D eigenvalue weighted by Gasteiger charge is 2.17. The second-order valence-electron chi connectivity index (χ2n) is 5.13. The minimum Gasteiger partial charge on any atom is -0.548 e. The second kappa shape index (κ2) is 8.46. The van der Waals surface area contributed by atoms with Crippen LogP contribution in [-0.2, 0) is 11.3 Å². The normalized spacial score (nSPS) is 12.1. The predicted molar refractivity (Wildman–Crippen MR) is 75.8 cm³/mol. The topological polar surface area (TPSA) is 86.8 Å². The van der Waals surface area contributed by atoms with E-state index in [0.717, 1.165) is 31.6 Å². The number of nitrogens with one attached hydrogen (secondary N) is 2. The van der Waals surface area contributed by atoms with Gasteiger partial charge in [-0.3, -0.25) is 4.79 Å². The van der Waals surface area contributed by atoms with Gasteiger partial charge in [0.05, 0.1) is 25.6 Å². The van der Waals surface area contributed by atoms with Crippen LogP contribution in [0.15, 0.2) is 10.5 Å². The SMILES string of the molecule is CCCC[NH+](CC)Cc1cc(C(=O)NCC(=O)[O-])oc1C. The van der Waals surface area contributed by atoms with Crippen LogP contribution in [0.1, 0.15) is 48.6 Å². The molecule has 118 valence electrons. The fraction of sp³-hybridized carbons (Fsp3) is 0.600.